The van der Waals surface area contributed by atoms with Gasteiger partial charge in [0.1, 0.15) is 5.82 Å². The first-order valence-corrected chi connectivity index (χ1v) is 6.52. The molecule has 0 radical (unpaired) electrons. The van der Waals surface area contributed by atoms with E-state index in [2.05, 4.69) is 9.97 Å². The summed E-state index contributed by atoms with van der Waals surface area (Å²) in [5, 5.41) is 11.2. The first kappa shape index (κ1) is 14.6. The van der Waals surface area contributed by atoms with Crippen molar-refractivity contribution in [3.05, 3.63) is 59.4 Å². The Morgan fingerprint density at radius 1 is 0.950 bits per heavy atom. The Kier molecular flexibility index (Phi) is 3.61. The van der Waals surface area contributed by atoms with Gasteiger partial charge in [0.05, 0.1) is 17.6 Å². The largest absolute Gasteiger partial charge is 0.377 e. The molecule has 0 aromatic carbocycles. The summed E-state index contributed by atoms with van der Waals surface area (Å²) in [6.45, 7) is 7.64. The third-order valence-electron chi connectivity index (χ3n) is 3.47. The lowest BCUT2D eigenvalue weighted by Gasteiger charge is -2.39. The fraction of sp³-hybridized carbons (Fsp3) is 0.375. The molecule has 1 unspecified atom stereocenters. The van der Waals surface area contributed by atoms with Crippen LogP contribution in [0.2, 0.25) is 0 Å². The lowest BCUT2D eigenvalue weighted by atomic mass is 9.72. The van der Waals surface area contributed by atoms with E-state index in [1.165, 1.54) is 12.1 Å². The van der Waals surface area contributed by atoms with Crippen LogP contribution in [0.15, 0.2) is 36.7 Å². The van der Waals surface area contributed by atoms with Crippen molar-refractivity contribution in [1.82, 2.24) is 9.97 Å². The van der Waals surface area contributed by atoms with Gasteiger partial charge in [-0.1, -0.05) is 26.8 Å². The second-order valence-electron chi connectivity index (χ2n) is 6.04. The summed E-state index contributed by atoms with van der Waals surface area (Å²) in [4.78, 5) is 8.38. The average molecular weight is 274 g/mol. The molecule has 0 aliphatic rings. The van der Waals surface area contributed by atoms with Gasteiger partial charge in [-0.25, -0.2) is 4.39 Å². The summed E-state index contributed by atoms with van der Waals surface area (Å²) in [6.07, 6.45) is 2.82. The molecule has 2 aromatic rings. The Morgan fingerprint density at radius 3 is 1.90 bits per heavy atom. The lowest BCUT2D eigenvalue weighted by molar-refractivity contribution is -0.0333. The van der Waals surface area contributed by atoms with Gasteiger partial charge in [0.25, 0.3) is 0 Å². The van der Waals surface area contributed by atoms with Gasteiger partial charge in [0.2, 0.25) is 0 Å². The number of hydrogen-bond donors (Lipinski definition) is 1. The molecule has 2 heterocycles. The molecule has 0 saturated heterocycles. The van der Waals surface area contributed by atoms with Gasteiger partial charge in [-0.3, -0.25) is 9.97 Å². The minimum atomic E-state index is -1.38. The quantitative estimate of drug-likeness (QED) is 0.914. The molecule has 1 atom stereocenters. The molecule has 0 amide bonds. The number of aryl methyl sites for hydroxylation is 1. The highest BCUT2D eigenvalue weighted by atomic mass is 19.1. The topological polar surface area (TPSA) is 46.0 Å². The highest BCUT2D eigenvalue weighted by Gasteiger charge is 2.45. The molecule has 106 valence electrons. The van der Waals surface area contributed by atoms with Crippen molar-refractivity contribution in [2.24, 2.45) is 5.41 Å². The molecule has 4 heteroatoms. The van der Waals surface area contributed by atoms with E-state index in [4.69, 9.17) is 0 Å². The molecule has 3 nitrogen and oxygen atoms in total. The number of pyridine rings is 2. The molecular weight excluding hydrogens is 255 g/mol. The summed E-state index contributed by atoms with van der Waals surface area (Å²) in [6, 6.07) is 6.48. The maximum Gasteiger partial charge on any atom is 0.153 e. The van der Waals surface area contributed by atoms with Crippen molar-refractivity contribution >= 4 is 0 Å². The summed E-state index contributed by atoms with van der Waals surface area (Å²) in [5.74, 6) is -0.429. The van der Waals surface area contributed by atoms with E-state index < -0.39 is 16.8 Å². The fourth-order valence-electron chi connectivity index (χ4n) is 2.17. The molecule has 2 rings (SSSR count). The highest BCUT2D eigenvalue weighted by Crippen LogP contribution is 2.42. The average Bonchev–Trinajstić information content (AvgIpc) is 2.38. The first-order chi connectivity index (χ1) is 9.25. The standard InChI is InChI=1S/C16H19FN2O/c1-11-5-7-13(18-9-11)16(20,15(2,3)4)14-8-6-12(17)10-19-14/h5-10,20H,1-4H3. The van der Waals surface area contributed by atoms with E-state index >= 15 is 0 Å². The summed E-state index contributed by atoms with van der Waals surface area (Å²) < 4.78 is 13.1. The van der Waals surface area contributed by atoms with Crippen molar-refractivity contribution in [3.8, 4) is 0 Å². The van der Waals surface area contributed by atoms with Crippen LogP contribution in [0.25, 0.3) is 0 Å². The van der Waals surface area contributed by atoms with Crippen LogP contribution in [0.5, 0.6) is 0 Å². The van der Waals surface area contributed by atoms with Crippen LogP contribution in [-0.2, 0) is 5.60 Å². The van der Waals surface area contributed by atoms with Crippen LogP contribution in [-0.4, -0.2) is 15.1 Å². The van der Waals surface area contributed by atoms with E-state index in [0.717, 1.165) is 11.8 Å². The molecular formula is C16H19FN2O. The van der Waals surface area contributed by atoms with Crippen molar-refractivity contribution < 1.29 is 9.50 Å². The SMILES string of the molecule is Cc1ccc(C(O)(c2ccc(F)cn2)C(C)(C)C)nc1. The molecule has 2 aromatic heterocycles. The number of hydrogen-bond acceptors (Lipinski definition) is 3. The fourth-order valence-corrected chi connectivity index (χ4v) is 2.17. The Hall–Kier alpha value is -1.81. The van der Waals surface area contributed by atoms with Gasteiger partial charge < -0.3 is 5.11 Å². The van der Waals surface area contributed by atoms with Crippen LogP contribution in [0.4, 0.5) is 4.39 Å². The predicted molar refractivity (Wildman–Crippen MR) is 75.6 cm³/mol. The molecule has 0 aliphatic heterocycles. The van der Waals surface area contributed by atoms with Gasteiger partial charge in [-0.15, -0.1) is 0 Å². The van der Waals surface area contributed by atoms with Crippen LogP contribution in [0, 0.1) is 18.2 Å². The number of aromatic nitrogens is 2. The first-order valence-electron chi connectivity index (χ1n) is 6.52. The number of nitrogens with zero attached hydrogens (tertiary/aromatic N) is 2. The summed E-state index contributed by atoms with van der Waals surface area (Å²) in [7, 11) is 0. The molecule has 0 saturated carbocycles. The second-order valence-corrected chi connectivity index (χ2v) is 6.04. The number of rotatable bonds is 2. The zero-order valence-electron chi connectivity index (χ0n) is 12.2. The van der Waals surface area contributed by atoms with Gasteiger partial charge in [-0.05, 0) is 30.7 Å². The van der Waals surface area contributed by atoms with Gasteiger partial charge in [-0.2, -0.15) is 0 Å². The summed E-state index contributed by atoms with van der Waals surface area (Å²) in [5.41, 5.74) is -0.0105. The predicted octanol–water partition coefficient (Wildman–Crippen LogP) is 3.21. The molecule has 0 bridgehead atoms. The maximum atomic E-state index is 13.1. The van der Waals surface area contributed by atoms with E-state index in [-0.39, 0.29) is 0 Å². The molecule has 0 spiro atoms. The lowest BCUT2D eigenvalue weighted by Crippen LogP contribution is -2.42. The molecule has 20 heavy (non-hydrogen) atoms. The smallest absolute Gasteiger partial charge is 0.153 e. The van der Waals surface area contributed by atoms with Crippen LogP contribution < -0.4 is 0 Å². The van der Waals surface area contributed by atoms with E-state index in [9.17, 15) is 9.50 Å². The Labute approximate surface area is 118 Å². The molecule has 1 N–H and O–H groups in total. The van der Waals surface area contributed by atoms with Crippen LogP contribution in [0.1, 0.15) is 37.7 Å². The summed E-state index contributed by atoms with van der Waals surface area (Å²) >= 11 is 0. The van der Waals surface area contributed by atoms with Gasteiger partial charge in [0.15, 0.2) is 5.60 Å². The van der Waals surface area contributed by atoms with E-state index in [1.54, 1.807) is 12.3 Å². The third-order valence-corrected chi connectivity index (χ3v) is 3.47. The van der Waals surface area contributed by atoms with Crippen LogP contribution >= 0.6 is 0 Å². The normalized spacial score (nSPS) is 14.9. The number of halogens is 1. The highest BCUT2D eigenvalue weighted by molar-refractivity contribution is 5.31. The van der Waals surface area contributed by atoms with Crippen LogP contribution in [0.3, 0.4) is 0 Å². The van der Waals surface area contributed by atoms with E-state index in [0.29, 0.717) is 11.4 Å². The Balaban J connectivity index is 2.62. The molecule has 0 aliphatic carbocycles. The second kappa shape index (κ2) is 4.94. The Morgan fingerprint density at radius 2 is 1.50 bits per heavy atom. The zero-order chi connectivity index (χ0) is 15.0. The Bertz CT molecular complexity index is 540. The van der Waals surface area contributed by atoms with Crippen molar-refractivity contribution in [1.29, 1.82) is 0 Å². The van der Waals surface area contributed by atoms with Crippen molar-refractivity contribution in [2.75, 3.05) is 0 Å². The zero-order valence-corrected chi connectivity index (χ0v) is 12.2. The van der Waals surface area contributed by atoms with Crippen molar-refractivity contribution in [2.45, 2.75) is 33.3 Å². The maximum absolute atomic E-state index is 13.1. The monoisotopic (exact) mass is 274 g/mol. The van der Waals surface area contributed by atoms with Crippen molar-refractivity contribution in [3.63, 3.8) is 0 Å². The van der Waals surface area contributed by atoms with Gasteiger partial charge in [0, 0.05) is 11.6 Å². The molecule has 0 fully saturated rings. The minimum absolute atomic E-state index is 0.391. The van der Waals surface area contributed by atoms with Gasteiger partial charge >= 0.3 is 0 Å². The third kappa shape index (κ3) is 2.43. The number of aliphatic hydroxyl groups is 1. The van der Waals surface area contributed by atoms with E-state index in [1.807, 2.05) is 33.8 Å². The minimum Gasteiger partial charge on any atom is -0.377 e.